The maximum Gasteiger partial charge on any atom is 0.304 e. The Kier molecular flexibility index (Phi) is 2.04. The van der Waals surface area contributed by atoms with Gasteiger partial charge in [-0.25, -0.2) is 9.97 Å². The third-order valence-corrected chi connectivity index (χ3v) is 3.12. The minimum atomic E-state index is -0.789. The topological polar surface area (TPSA) is 94.0 Å². The Morgan fingerprint density at radius 2 is 2.47 bits per heavy atom. The molecule has 17 heavy (non-hydrogen) atoms. The highest BCUT2D eigenvalue weighted by Gasteiger charge is 2.28. The molecule has 0 aromatic carbocycles. The number of rotatable bonds is 2. The highest BCUT2D eigenvalue weighted by Crippen LogP contribution is 2.33. The summed E-state index contributed by atoms with van der Waals surface area (Å²) < 4.78 is 1.99. The second kappa shape index (κ2) is 3.44. The summed E-state index contributed by atoms with van der Waals surface area (Å²) in [5.74, 6) is 0.0198. The molecule has 1 atom stereocenters. The average molecular weight is 232 g/mol. The molecule has 6 heteroatoms. The summed E-state index contributed by atoms with van der Waals surface area (Å²) in [6.07, 6.45) is 2.54. The number of pyridine rings is 1. The molecule has 0 radical (unpaired) electrons. The van der Waals surface area contributed by atoms with Crippen LogP contribution in [0.2, 0.25) is 0 Å². The largest absolute Gasteiger partial charge is 0.481 e. The first kappa shape index (κ1) is 10.1. The van der Waals surface area contributed by atoms with Gasteiger partial charge in [0.2, 0.25) is 0 Å². The van der Waals surface area contributed by atoms with Gasteiger partial charge in [-0.3, -0.25) is 4.79 Å². The van der Waals surface area contributed by atoms with E-state index in [2.05, 4.69) is 9.97 Å². The minimum Gasteiger partial charge on any atom is -0.481 e. The lowest BCUT2D eigenvalue weighted by Crippen LogP contribution is -2.04. The number of aryl methyl sites for hydroxylation is 1. The van der Waals surface area contributed by atoms with Crippen LogP contribution in [-0.4, -0.2) is 25.6 Å². The smallest absolute Gasteiger partial charge is 0.304 e. The van der Waals surface area contributed by atoms with Crippen LogP contribution in [0.15, 0.2) is 12.3 Å². The van der Waals surface area contributed by atoms with Gasteiger partial charge in [0.25, 0.3) is 0 Å². The third-order valence-electron chi connectivity index (χ3n) is 3.12. The molecule has 0 saturated carbocycles. The van der Waals surface area contributed by atoms with Crippen LogP contribution in [0.3, 0.4) is 0 Å². The molecule has 0 saturated heterocycles. The van der Waals surface area contributed by atoms with E-state index in [-0.39, 0.29) is 12.3 Å². The van der Waals surface area contributed by atoms with Gasteiger partial charge in [-0.05, 0) is 12.5 Å². The molecule has 88 valence electrons. The van der Waals surface area contributed by atoms with Crippen LogP contribution in [0.25, 0.3) is 11.2 Å². The standard InChI is InChI=1S/C11H12N4O2/c12-7-4-8-11(13-5-7)15-2-1-6(3-9(16)17)10(15)14-8/h4-6H,1-3,12H2,(H,16,17). The fourth-order valence-electron chi connectivity index (χ4n) is 2.39. The van der Waals surface area contributed by atoms with E-state index in [0.29, 0.717) is 5.69 Å². The number of nitrogens with two attached hydrogens (primary N) is 1. The SMILES string of the molecule is Nc1cnc2c(c1)nc1n2CCC1CC(=O)O. The Balaban J connectivity index is 2.09. The van der Waals surface area contributed by atoms with Crippen molar-refractivity contribution in [2.45, 2.75) is 25.3 Å². The number of aromatic nitrogens is 3. The van der Waals surface area contributed by atoms with E-state index in [1.54, 1.807) is 12.3 Å². The fraction of sp³-hybridized carbons (Fsp3) is 0.364. The lowest BCUT2D eigenvalue weighted by molar-refractivity contribution is -0.137. The maximum absolute atomic E-state index is 10.8. The Morgan fingerprint density at radius 1 is 1.65 bits per heavy atom. The second-order valence-corrected chi connectivity index (χ2v) is 4.32. The van der Waals surface area contributed by atoms with E-state index < -0.39 is 5.97 Å². The van der Waals surface area contributed by atoms with Crippen LogP contribution in [0, 0.1) is 0 Å². The molecule has 2 aromatic rings. The molecule has 6 nitrogen and oxygen atoms in total. The number of imidazole rings is 1. The van der Waals surface area contributed by atoms with E-state index in [1.165, 1.54) is 0 Å². The van der Waals surface area contributed by atoms with Gasteiger partial charge in [0.15, 0.2) is 5.65 Å². The Labute approximate surface area is 97.1 Å². The molecule has 3 heterocycles. The maximum atomic E-state index is 10.8. The summed E-state index contributed by atoms with van der Waals surface area (Å²) in [5.41, 5.74) is 7.76. The number of carboxylic acid groups (broad SMARTS) is 1. The first-order valence-electron chi connectivity index (χ1n) is 5.48. The number of nitrogen functional groups attached to an aromatic ring is 1. The zero-order chi connectivity index (χ0) is 12.0. The number of carboxylic acids is 1. The first-order valence-corrected chi connectivity index (χ1v) is 5.48. The van der Waals surface area contributed by atoms with Crippen molar-refractivity contribution in [3.63, 3.8) is 0 Å². The summed E-state index contributed by atoms with van der Waals surface area (Å²) in [6.45, 7) is 0.778. The van der Waals surface area contributed by atoms with Crippen molar-refractivity contribution < 1.29 is 9.90 Å². The highest BCUT2D eigenvalue weighted by molar-refractivity contribution is 5.76. The van der Waals surface area contributed by atoms with Crippen molar-refractivity contribution in [3.05, 3.63) is 18.1 Å². The van der Waals surface area contributed by atoms with Crippen LogP contribution in [0.5, 0.6) is 0 Å². The van der Waals surface area contributed by atoms with Crippen molar-refractivity contribution in [1.82, 2.24) is 14.5 Å². The van der Waals surface area contributed by atoms with Gasteiger partial charge in [0, 0.05) is 12.5 Å². The monoisotopic (exact) mass is 232 g/mol. The number of nitrogens with zero attached hydrogens (tertiary/aromatic N) is 3. The quantitative estimate of drug-likeness (QED) is 0.804. The number of aliphatic carboxylic acids is 1. The van der Waals surface area contributed by atoms with Crippen molar-refractivity contribution in [2.24, 2.45) is 0 Å². The molecule has 1 unspecified atom stereocenters. The van der Waals surface area contributed by atoms with Crippen LogP contribution in [0.4, 0.5) is 5.69 Å². The number of anilines is 1. The van der Waals surface area contributed by atoms with Crippen LogP contribution >= 0.6 is 0 Å². The Morgan fingerprint density at radius 3 is 3.24 bits per heavy atom. The zero-order valence-corrected chi connectivity index (χ0v) is 9.13. The molecular formula is C11H12N4O2. The zero-order valence-electron chi connectivity index (χ0n) is 9.13. The van der Waals surface area contributed by atoms with Gasteiger partial charge in [0.05, 0.1) is 18.3 Å². The lowest BCUT2D eigenvalue weighted by atomic mass is 10.0. The second-order valence-electron chi connectivity index (χ2n) is 4.32. The average Bonchev–Trinajstić information content (AvgIpc) is 2.77. The molecule has 1 aliphatic rings. The molecule has 0 bridgehead atoms. The summed E-state index contributed by atoms with van der Waals surface area (Å²) in [7, 11) is 0. The molecule has 0 fully saturated rings. The third kappa shape index (κ3) is 1.52. The summed E-state index contributed by atoms with van der Waals surface area (Å²) in [4.78, 5) is 19.5. The molecule has 3 N–H and O–H groups in total. The van der Waals surface area contributed by atoms with Gasteiger partial charge < -0.3 is 15.4 Å². The molecule has 3 rings (SSSR count). The van der Waals surface area contributed by atoms with Gasteiger partial charge >= 0.3 is 5.97 Å². The molecular weight excluding hydrogens is 220 g/mol. The van der Waals surface area contributed by atoms with E-state index in [9.17, 15) is 4.79 Å². The number of hydrogen-bond acceptors (Lipinski definition) is 4. The summed E-state index contributed by atoms with van der Waals surface area (Å²) in [5, 5.41) is 8.85. The molecule has 1 aliphatic heterocycles. The van der Waals surface area contributed by atoms with E-state index in [0.717, 1.165) is 30.0 Å². The molecule has 0 aliphatic carbocycles. The van der Waals surface area contributed by atoms with Crippen molar-refractivity contribution in [3.8, 4) is 0 Å². The predicted molar refractivity (Wildman–Crippen MR) is 61.6 cm³/mol. The molecule has 0 spiro atoms. The number of fused-ring (bicyclic) bond motifs is 3. The number of hydrogen-bond donors (Lipinski definition) is 2. The first-order chi connectivity index (χ1) is 8.15. The van der Waals surface area contributed by atoms with Crippen molar-refractivity contribution in [2.75, 3.05) is 5.73 Å². The summed E-state index contributed by atoms with van der Waals surface area (Å²) in [6, 6.07) is 1.77. The van der Waals surface area contributed by atoms with Crippen molar-refractivity contribution in [1.29, 1.82) is 0 Å². The van der Waals surface area contributed by atoms with Gasteiger partial charge in [-0.2, -0.15) is 0 Å². The van der Waals surface area contributed by atoms with Crippen LogP contribution in [0.1, 0.15) is 24.6 Å². The number of carbonyl (C=O) groups is 1. The lowest BCUT2D eigenvalue weighted by Gasteiger charge is -2.02. The minimum absolute atomic E-state index is 0.0112. The van der Waals surface area contributed by atoms with Crippen LogP contribution in [-0.2, 0) is 11.3 Å². The Hall–Kier alpha value is -2.11. The van der Waals surface area contributed by atoms with E-state index in [1.807, 2.05) is 4.57 Å². The van der Waals surface area contributed by atoms with E-state index >= 15 is 0 Å². The predicted octanol–water partition coefficient (Wildman–Crippen LogP) is 0.976. The fourth-order valence-corrected chi connectivity index (χ4v) is 2.39. The highest BCUT2D eigenvalue weighted by atomic mass is 16.4. The van der Waals surface area contributed by atoms with Crippen molar-refractivity contribution >= 4 is 22.8 Å². The summed E-state index contributed by atoms with van der Waals surface area (Å²) >= 11 is 0. The normalized spacial score (nSPS) is 18.5. The Bertz CT molecular complexity index is 605. The van der Waals surface area contributed by atoms with E-state index in [4.69, 9.17) is 10.8 Å². The van der Waals surface area contributed by atoms with Gasteiger partial charge in [-0.1, -0.05) is 0 Å². The van der Waals surface area contributed by atoms with Gasteiger partial charge in [-0.15, -0.1) is 0 Å². The molecule has 2 aromatic heterocycles. The van der Waals surface area contributed by atoms with Crippen LogP contribution < -0.4 is 5.73 Å². The van der Waals surface area contributed by atoms with Gasteiger partial charge in [0.1, 0.15) is 11.3 Å². The molecule has 0 amide bonds.